The molecule has 0 spiro atoms. The van der Waals surface area contributed by atoms with Crippen molar-refractivity contribution in [2.24, 2.45) is 5.92 Å². The predicted molar refractivity (Wildman–Crippen MR) is 74.7 cm³/mol. The monoisotopic (exact) mass is 314 g/mol. The maximum absolute atomic E-state index is 12.9. The van der Waals surface area contributed by atoms with Gasteiger partial charge in [0.25, 0.3) is 0 Å². The minimum absolute atomic E-state index is 0.196. The summed E-state index contributed by atoms with van der Waals surface area (Å²) >= 11 is 0. The fourth-order valence-corrected chi connectivity index (χ4v) is 3.14. The summed E-state index contributed by atoms with van der Waals surface area (Å²) in [6, 6.07) is 4.67. The molecule has 1 aromatic rings. The van der Waals surface area contributed by atoms with E-state index in [0.29, 0.717) is 0 Å². The molecule has 2 aliphatic heterocycles. The standard InChI is InChI=1S/C15H17F3N2O2/c16-15(17,18)11-2-1-3-12(8-11)20-13(9-22-14(20)21)10-4-6-19-7-5-10/h1-3,8,10,13,19H,4-7,9H2. The summed E-state index contributed by atoms with van der Waals surface area (Å²) in [5, 5.41) is 3.24. The van der Waals surface area contributed by atoms with Gasteiger partial charge in [0.15, 0.2) is 0 Å². The maximum Gasteiger partial charge on any atom is 0.416 e. The van der Waals surface area contributed by atoms with Crippen LogP contribution in [0.4, 0.5) is 23.7 Å². The largest absolute Gasteiger partial charge is 0.447 e. The van der Waals surface area contributed by atoms with Gasteiger partial charge >= 0.3 is 12.3 Å². The molecule has 2 aliphatic rings. The average Bonchev–Trinajstić information content (AvgIpc) is 2.89. The summed E-state index contributed by atoms with van der Waals surface area (Å²) in [6.45, 7) is 1.94. The number of piperidine rings is 1. The lowest BCUT2D eigenvalue weighted by atomic mass is 9.90. The van der Waals surface area contributed by atoms with Gasteiger partial charge < -0.3 is 10.1 Å². The van der Waals surface area contributed by atoms with Crippen molar-refractivity contribution in [1.29, 1.82) is 0 Å². The molecule has 1 N–H and O–H groups in total. The Kier molecular flexibility index (Phi) is 3.99. The van der Waals surface area contributed by atoms with Crippen LogP contribution in [0, 0.1) is 5.92 Å². The Hall–Kier alpha value is -1.76. The zero-order chi connectivity index (χ0) is 15.7. The molecule has 3 rings (SSSR count). The zero-order valence-electron chi connectivity index (χ0n) is 11.9. The molecule has 0 radical (unpaired) electrons. The molecule has 0 saturated carbocycles. The summed E-state index contributed by atoms with van der Waals surface area (Å²) in [7, 11) is 0. The van der Waals surface area contributed by atoms with Gasteiger partial charge in [-0.1, -0.05) is 6.07 Å². The minimum Gasteiger partial charge on any atom is -0.447 e. The molecule has 2 saturated heterocycles. The van der Waals surface area contributed by atoms with E-state index in [0.717, 1.165) is 38.1 Å². The summed E-state index contributed by atoms with van der Waals surface area (Å²) < 4.78 is 43.7. The Morgan fingerprint density at radius 3 is 2.64 bits per heavy atom. The summed E-state index contributed by atoms with van der Waals surface area (Å²) in [5.74, 6) is 0.238. The van der Waals surface area contributed by atoms with Crippen molar-refractivity contribution in [3.8, 4) is 0 Å². The summed E-state index contributed by atoms with van der Waals surface area (Å²) in [4.78, 5) is 13.4. The number of nitrogens with zero attached hydrogens (tertiary/aromatic N) is 1. The van der Waals surface area contributed by atoms with Crippen molar-refractivity contribution >= 4 is 11.8 Å². The van der Waals surface area contributed by atoms with Crippen LogP contribution in [0.1, 0.15) is 18.4 Å². The van der Waals surface area contributed by atoms with Crippen LogP contribution in [0.5, 0.6) is 0 Å². The first-order valence-corrected chi connectivity index (χ1v) is 7.31. The highest BCUT2D eigenvalue weighted by Gasteiger charge is 2.40. The molecule has 2 fully saturated rings. The average molecular weight is 314 g/mol. The highest BCUT2D eigenvalue weighted by atomic mass is 19.4. The fraction of sp³-hybridized carbons (Fsp3) is 0.533. The molecule has 1 unspecified atom stereocenters. The van der Waals surface area contributed by atoms with Crippen LogP contribution in [0.2, 0.25) is 0 Å². The van der Waals surface area contributed by atoms with Gasteiger partial charge in [-0.3, -0.25) is 4.90 Å². The number of anilines is 1. The number of carbonyl (C=O) groups is 1. The highest BCUT2D eigenvalue weighted by Crippen LogP contribution is 2.35. The second-order valence-corrected chi connectivity index (χ2v) is 5.65. The predicted octanol–water partition coefficient (Wildman–Crippen LogP) is 3.03. The number of halogens is 3. The highest BCUT2D eigenvalue weighted by molar-refractivity contribution is 5.90. The molecular weight excluding hydrogens is 297 g/mol. The van der Waals surface area contributed by atoms with Crippen LogP contribution >= 0.6 is 0 Å². The lowest BCUT2D eigenvalue weighted by Crippen LogP contribution is -2.43. The van der Waals surface area contributed by atoms with Gasteiger partial charge in [-0.15, -0.1) is 0 Å². The number of cyclic esters (lactones) is 1. The van der Waals surface area contributed by atoms with Crippen molar-refractivity contribution in [3.63, 3.8) is 0 Å². The quantitative estimate of drug-likeness (QED) is 0.912. The van der Waals surface area contributed by atoms with E-state index in [1.165, 1.54) is 17.0 Å². The van der Waals surface area contributed by atoms with E-state index in [1.54, 1.807) is 0 Å². The number of rotatable bonds is 2. The third-order valence-electron chi connectivity index (χ3n) is 4.29. The first-order chi connectivity index (χ1) is 10.5. The zero-order valence-corrected chi connectivity index (χ0v) is 11.9. The lowest BCUT2D eigenvalue weighted by Gasteiger charge is -2.32. The number of alkyl halides is 3. The molecule has 0 aliphatic carbocycles. The molecular formula is C15H17F3N2O2. The van der Waals surface area contributed by atoms with Gasteiger partial charge in [0.05, 0.1) is 11.6 Å². The van der Waals surface area contributed by atoms with E-state index in [4.69, 9.17) is 4.74 Å². The molecule has 0 bridgehead atoms. The van der Waals surface area contributed by atoms with Gasteiger partial charge in [-0.2, -0.15) is 13.2 Å². The smallest absolute Gasteiger partial charge is 0.416 e. The Bertz CT molecular complexity index is 556. The number of hydrogen-bond donors (Lipinski definition) is 1. The van der Waals surface area contributed by atoms with Crippen LogP contribution in [-0.4, -0.2) is 31.8 Å². The Balaban J connectivity index is 1.89. The Morgan fingerprint density at radius 2 is 1.95 bits per heavy atom. The second-order valence-electron chi connectivity index (χ2n) is 5.65. The van der Waals surface area contributed by atoms with Gasteiger partial charge in [0.1, 0.15) is 6.61 Å². The van der Waals surface area contributed by atoms with Crippen LogP contribution in [0.25, 0.3) is 0 Å². The Labute approximate surface area is 126 Å². The lowest BCUT2D eigenvalue weighted by molar-refractivity contribution is -0.137. The minimum atomic E-state index is -4.43. The van der Waals surface area contributed by atoms with E-state index < -0.39 is 17.8 Å². The van der Waals surface area contributed by atoms with Gasteiger partial charge in [-0.25, -0.2) is 4.79 Å². The van der Waals surface area contributed by atoms with E-state index >= 15 is 0 Å². The van der Waals surface area contributed by atoms with E-state index in [2.05, 4.69) is 5.32 Å². The van der Waals surface area contributed by atoms with Crippen LogP contribution in [0.15, 0.2) is 24.3 Å². The molecule has 0 aromatic heterocycles. The molecule has 2 heterocycles. The normalized spacial score (nSPS) is 23.7. The van der Waals surface area contributed by atoms with Gasteiger partial charge in [0.2, 0.25) is 0 Å². The van der Waals surface area contributed by atoms with Crippen LogP contribution in [-0.2, 0) is 10.9 Å². The van der Waals surface area contributed by atoms with Crippen molar-refractivity contribution in [2.45, 2.75) is 25.1 Å². The van der Waals surface area contributed by atoms with Crippen molar-refractivity contribution in [1.82, 2.24) is 5.32 Å². The summed E-state index contributed by atoms with van der Waals surface area (Å²) in [5.41, 5.74) is -0.505. The molecule has 1 aromatic carbocycles. The van der Waals surface area contributed by atoms with Gasteiger partial charge in [-0.05, 0) is 50.0 Å². The fourth-order valence-electron chi connectivity index (χ4n) is 3.14. The Morgan fingerprint density at radius 1 is 1.23 bits per heavy atom. The van der Waals surface area contributed by atoms with Crippen LogP contribution < -0.4 is 10.2 Å². The first-order valence-electron chi connectivity index (χ1n) is 7.31. The topological polar surface area (TPSA) is 41.6 Å². The third-order valence-corrected chi connectivity index (χ3v) is 4.29. The number of nitrogens with one attached hydrogen (secondary N) is 1. The second kappa shape index (κ2) is 5.79. The third kappa shape index (κ3) is 2.90. The molecule has 1 amide bonds. The SMILES string of the molecule is O=C1OCC(C2CCNCC2)N1c1cccc(C(F)(F)F)c1. The van der Waals surface area contributed by atoms with Crippen molar-refractivity contribution in [2.75, 3.05) is 24.6 Å². The number of amides is 1. The number of ether oxygens (including phenoxy) is 1. The van der Waals surface area contributed by atoms with E-state index in [-0.39, 0.29) is 24.3 Å². The first kappa shape index (κ1) is 15.1. The molecule has 120 valence electrons. The van der Waals surface area contributed by atoms with Crippen molar-refractivity contribution < 1.29 is 22.7 Å². The number of carbonyl (C=O) groups excluding carboxylic acids is 1. The van der Waals surface area contributed by atoms with Gasteiger partial charge in [0, 0.05) is 5.69 Å². The molecule has 22 heavy (non-hydrogen) atoms. The van der Waals surface area contributed by atoms with Crippen molar-refractivity contribution in [3.05, 3.63) is 29.8 Å². The number of hydrogen-bond acceptors (Lipinski definition) is 3. The van der Waals surface area contributed by atoms with E-state index in [9.17, 15) is 18.0 Å². The summed E-state index contributed by atoms with van der Waals surface area (Å²) in [6.07, 6.45) is -3.22. The van der Waals surface area contributed by atoms with Crippen LogP contribution in [0.3, 0.4) is 0 Å². The molecule has 1 atom stereocenters. The number of benzene rings is 1. The molecule has 7 heteroatoms. The molecule has 4 nitrogen and oxygen atoms in total. The maximum atomic E-state index is 12.9. The van der Waals surface area contributed by atoms with E-state index in [1.807, 2.05) is 0 Å².